The van der Waals surface area contributed by atoms with Gasteiger partial charge in [-0.1, -0.05) is 0 Å². The van der Waals surface area contributed by atoms with Gasteiger partial charge in [0, 0.05) is 21.9 Å². The van der Waals surface area contributed by atoms with E-state index in [-0.39, 0.29) is 12.5 Å². The van der Waals surface area contributed by atoms with Crippen molar-refractivity contribution in [3.8, 4) is 0 Å². The first-order valence-electron chi connectivity index (χ1n) is 6.45. The van der Waals surface area contributed by atoms with Crippen LogP contribution in [-0.4, -0.2) is 28.6 Å². The molecule has 0 bridgehead atoms. The summed E-state index contributed by atoms with van der Waals surface area (Å²) in [5, 5.41) is 10.2. The highest BCUT2D eigenvalue weighted by atomic mass is 127. The summed E-state index contributed by atoms with van der Waals surface area (Å²) in [7, 11) is 0. The highest BCUT2D eigenvalue weighted by Gasteiger charge is 2.29. The summed E-state index contributed by atoms with van der Waals surface area (Å²) in [6, 6.07) is 9.46. The Balaban J connectivity index is 2.08. The van der Waals surface area contributed by atoms with Crippen LogP contribution in [-0.2, 0) is 6.42 Å². The summed E-state index contributed by atoms with van der Waals surface area (Å²) < 4.78 is 1.62. The standard InChI is InChI=1S/C15H12BrIN2O2/c16-14-13-9(5-6-18-14)7-12(20)8-19(15(13)21)11-3-1-10(17)2-4-11/h1-6,12,20H,7-8H2. The molecular formula is C15H12BrIN2O2. The second-order valence-electron chi connectivity index (χ2n) is 4.89. The van der Waals surface area contributed by atoms with Crippen molar-refractivity contribution in [2.75, 3.05) is 11.4 Å². The average Bonchev–Trinajstić information content (AvgIpc) is 2.57. The van der Waals surface area contributed by atoms with Crippen molar-refractivity contribution in [1.82, 2.24) is 4.98 Å². The number of nitrogens with zero attached hydrogens (tertiary/aromatic N) is 2. The Kier molecular flexibility index (Phi) is 4.28. The molecule has 2 aromatic rings. The average molecular weight is 459 g/mol. The number of carbonyl (C=O) groups is 1. The number of carbonyl (C=O) groups excluding carboxylic acids is 1. The fourth-order valence-electron chi connectivity index (χ4n) is 2.46. The zero-order valence-electron chi connectivity index (χ0n) is 11.0. The third-order valence-corrected chi connectivity index (χ3v) is 4.76. The Hall–Kier alpha value is -0.990. The second-order valence-corrected chi connectivity index (χ2v) is 6.88. The number of benzene rings is 1. The Labute approximate surface area is 144 Å². The van der Waals surface area contributed by atoms with Crippen LogP contribution < -0.4 is 4.90 Å². The van der Waals surface area contributed by atoms with Gasteiger partial charge in [-0.3, -0.25) is 4.79 Å². The molecular weight excluding hydrogens is 447 g/mol. The molecule has 21 heavy (non-hydrogen) atoms. The number of rotatable bonds is 1. The first-order valence-corrected chi connectivity index (χ1v) is 8.32. The van der Waals surface area contributed by atoms with Crippen molar-refractivity contribution in [3.05, 3.63) is 55.8 Å². The molecule has 4 nitrogen and oxygen atoms in total. The number of halogens is 2. The first-order chi connectivity index (χ1) is 10.1. The molecule has 1 aliphatic rings. The smallest absolute Gasteiger partial charge is 0.261 e. The zero-order chi connectivity index (χ0) is 15.0. The molecule has 1 aliphatic heterocycles. The summed E-state index contributed by atoms with van der Waals surface area (Å²) in [4.78, 5) is 18.6. The van der Waals surface area contributed by atoms with Gasteiger partial charge >= 0.3 is 0 Å². The molecule has 1 aromatic carbocycles. The molecule has 1 aromatic heterocycles. The maximum atomic E-state index is 12.8. The van der Waals surface area contributed by atoms with Gasteiger partial charge in [0.05, 0.1) is 18.2 Å². The second kappa shape index (κ2) is 6.02. The van der Waals surface area contributed by atoms with Crippen molar-refractivity contribution in [3.63, 3.8) is 0 Å². The maximum absolute atomic E-state index is 12.8. The lowest BCUT2D eigenvalue weighted by molar-refractivity contribution is 0.0972. The quantitative estimate of drug-likeness (QED) is 0.528. The third kappa shape index (κ3) is 2.97. The number of amides is 1. The van der Waals surface area contributed by atoms with E-state index in [0.717, 1.165) is 14.8 Å². The molecule has 0 aliphatic carbocycles. The lowest BCUT2D eigenvalue weighted by atomic mass is 10.1. The summed E-state index contributed by atoms with van der Waals surface area (Å²) >= 11 is 5.57. The normalized spacial score (nSPS) is 18.3. The van der Waals surface area contributed by atoms with E-state index in [0.29, 0.717) is 16.6 Å². The molecule has 6 heteroatoms. The van der Waals surface area contributed by atoms with E-state index in [4.69, 9.17) is 0 Å². The van der Waals surface area contributed by atoms with Crippen LogP contribution >= 0.6 is 38.5 Å². The van der Waals surface area contributed by atoms with E-state index in [9.17, 15) is 9.90 Å². The number of aliphatic hydroxyl groups excluding tert-OH is 1. The number of pyridine rings is 1. The van der Waals surface area contributed by atoms with Crippen LogP contribution in [0.4, 0.5) is 5.69 Å². The Bertz CT molecular complexity index is 691. The first kappa shape index (κ1) is 14.9. The van der Waals surface area contributed by atoms with E-state index in [1.54, 1.807) is 17.2 Å². The van der Waals surface area contributed by atoms with Crippen LogP contribution in [0.5, 0.6) is 0 Å². The van der Waals surface area contributed by atoms with E-state index in [1.165, 1.54) is 0 Å². The molecule has 0 radical (unpaired) electrons. The van der Waals surface area contributed by atoms with Crippen LogP contribution in [0.2, 0.25) is 0 Å². The van der Waals surface area contributed by atoms with Crippen molar-refractivity contribution >= 4 is 50.1 Å². The Morgan fingerprint density at radius 2 is 2.00 bits per heavy atom. The summed E-state index contributed by atoms with van der Waals surface area (Å²) in [5.74, 6) is -0.136. The molecule has 1 N–H and O–H groups in total. The van der Waals surface area contributed by atoms with E-state index in [2.05, 4.69) is 43.5 Å². The van der Waals surface area contributed by atoms with Gasteiger partial charge in [0.15, 0.2) is 0 Å². The monoisotopic (exact) mass is 458 g/mol. The van der Waals surface area contributed by atoms with E-state index in [1.807, 2.05) is 24.3 Å². The molecule has 0 spiro atoms. The number of hydrogen-bond donors (Lipinski definition) is 1. The van der Waals surface area contributed by atoms with Gasteiger partial charge in [-0.25, -0.2) is 4.98 Å². The van der Waals surface area contributed by atoms with Crippen LogP contribution in [0, 0.1) is 3.57 Å². The van der Waals surface area contributed by atoms with Crippen LogP contribution in [0.1, 0.15) is 15.9 Å². The SMILES string of the molecule is O=C1c2c(ccnc2Br)CC(O)CN1c1ccc(I)cc1. The highest BCUT2D eigenvalue weighted by molar-refractivity contribution is 14.1. The number of aromatic nitrogens is 1. The van der Waals surface area contributed by atoms with Gasteiger partial charge in [0.25, 0.3) is 5.91 Å². The predicted molar refractivity (Wildman–Crippen MR) is 92.5 cm³/mol. The Morgan fingerprint density at radius 1 is 1.29 bits per heavy atom. The number of anilines is 1. The minimum atomic E-state index is -0.594. The number of fused-ring (bicyclic) bond motifs is 1. The zero-order valence-corrected chi connectivity index (χ0v) is 14.7. The third-order valence-electron chi connectivity index (χ3n) is 3.44. The van der Waals surface area contributed by atoms with Crippen molar-refractivity contribution in [2.45, 2.75) is 12.5 Å². The molecule has 108 valence electrons. The molecule has 1 unspecified atom stereocenters. The fraction of sp³-hybridized carbons (Fsp3) is 0.200. The van der Waals surface area contributed by atoms with Gasteiger partial charge in [-0.05, 0) is 74.4 Å². The number of β-amino-alcohol motifs (C(OH)–C–C–N with tert-alkyl or cyclic N) is 1. The fourth-order valence-corrected chi connectivity index (χ4v) is 3.36. The van der Waals surface area contributed by atoms with Crippen LogP contribution in [0.3, 0.4) is 0 Å². The van der Waals surface area contributed by atoms with Crippen LogP contribution in [0.25, 0.3) is 0 Å². The van der Waals surface area contributed by atoms with E-state index < -0.39 is 6.10 Å². The lowest BCUT2D eigenvalue weighted by Gasteiger charge is -2.23. The van der Waals surface area contributed by atoms with Crippen molar-refractivity contribution in [2.24, 2.45) is 0 Å². The largest absolute Gasteiger partial charge is 0.391 e. The van der Waals surface area contributed by atoms with Gasteiger partial charge in [-0.15, -0.1) is 0 Å². The van der Waals surface area contributed by atoms with Crippen LogP contribution in [0.15, 0.2) is 41.1 Å². The molecule has 2 heterocycles. The van der Waals surface area contributed by atoms with Crippen molar-refractivity contribution < 1.29 is 9.90 Å². The highest BCUT2D eigenvalue weighted by Crippen LogP contribution is 2.28. The molecule has 1 atom stereocenters. The minimum absolute atomic E-state index is 0.136. The van der Waals surface area contributed by atoms with Gasteiger partial charge in [-0.2, -0.15) is 0 Å². The number of aliphatic hydroxyl groups is 1. The molecule has 3 rings (SSSR count). The lowest BCUT2D eigenvalue weighted by Crippen LogP contribution is -2.36. The summed E-state index contributed by atoms with van der Waals surface area (Å²) in [5.41, 5.74) is 2.14. The molecule has 0 saturated carbocycles. The van der Waals surface area contributed by atoms with Gasteiger partial charge < -0.3 is 10.0 Å². The minimum Gasteiger partial charge on any atom is -0.391 e. The van der Waals surface area contributed by atoms with Gasteiger partial charge in [0.2, 0.25) is 0 Å². The van der Waals surface area contributed by atoms with Gasteiger partial charge in [0.1, 0.15) is 4.60 Å². The van der Waals surface area contributed by atoms with E-state index >= 15 is 0 Å². The molecule has 0 saturated heterocycles. The molecule has 1 amide bonds. The summed E-state index contributed by atoms with van der Waals surface area (Å²) in [6.45, 7) is 0.278. The number of hydrogen-bond acceptors (Lipinski definition) is 3. The topological polar surface area (TPSA) is 53.4 Å². The molecule has 0 fully saturated rings. The predicted octanol–water partition coefficient (Wildman–Crippen LogP) is 3.01. The Morgan fingerprint density at radius 3 is 2.71 bits per heavy atom. The maximum Gasteiger partial charge on any atom is 0.261 e. The summed E-state index contributed by atoms with van der Waals surface area (Å²) in [6.07, 6.45) is 1.50. The van der Waals surface area contributed by atoms with Crippen molar-refractivity contribution in [1.29, 1.82) is 0 Å².